The summed E-state index contributed by atoms with van der Waals surface area (Å²) in [5.74, 6) is -0.572. The second-order valence-electron chi connectivity index (χ2n) is 6.91. The molecular formula is C18H23FN2O5S. The van der Waals surface area contributed by atoms with E-state index in [-0.39, 0.29) is 36.4 Å². The number of rotatable bonds is 5. The summed E-state index contributed by atoms with van der Waals surface area (Å²) in [4.78, 5) is 24.7. The Bertz CT molecular complexity index is 828. The molecule has 0 unspecified atom stereocenters. The van der Waals surface area contributed by atoms with Crippen molar-refractivity contribution in [3.8, 4) is 0 Å². The molecule has 0 saturated carbocycles. The topological polar surface area (TPSA) is 92.8 Å². The molecule has 0 aliphatic carbocycles. The van der Waals surface area contributed by atoms with Gasteiger partial charge < -0.3 is 10.1 Å². The van der Waals surface area contributed by atoms with Crippen molar-refractivity contribution in [2.24, 2.45) is 0 Å². The van der Waals surface area contributed by atoms with Gasteiger partial charge in [0.15, 0.2) is 0 Å². The first kappa shape index (κ1) is 19.6. The van der Waals surface area contributed by atoms with E-state index in [1.165, 1.54) is 11.0 Å². The summed E-state index contributed by atoms with van der Waals surface area (Å²) in [6.07, 6.45) is 0.0908. The van der Waals surface area contributed by atoms with E-state index in [0.717, 1.165) is 0 Å². The largest absolute Gasteiger partial charge is 0.442 e. The number of benzene rings is 1. The van der Waals surface area contributed by atoms with Crippen LogP contribution in [0.3, 0.4) is 0 Å². The first-order valence-electron chi connectivity index (χ1n) is 9.04. The summed E-state index contributed by atoms with van der Waals surface area (Å²) in [6.45, 7) is 2.17. The highest BCUT2D eigenvalue weighted by Gasteiger charge is 2.33. The Morgan fingerprint density at radius 1 is 1.33 bits per heavy atom. The van der Waals surface area contributed by atoms with Crippen molar-refractivity contribution < 1.29 is 27.1 Å². The molecule has 7 nitrogen and oxygen atoms in total. The number of halogens is 1. The maximum absolute atomic E-state index is 14.6. The zero-order valence-corrected chi connectivity index (χ0v) is 15.9. The number of hydrogen-bond donors (Lipinski definition) is 1. The van der Waals surface area contributed by atoms with Crippen LogP contribution < -0.4 is 10.2 Å². The lowest BCUT2D eigenvalue weighted by Crippen LogP contribution is -2.34. The quantitative estimate of drug-likeness (QED) is 0.819. The molecule has 1 N–H and O–H groups in total. The van der Waals surface area contributed by atoms with E-state index in [4.69, 9.17) is 4.74 Å². The summed E-state index contributed by atoms with van der Waals surface area (Å²) < 4.78 is 42.9. The van der Waals surface area contributed by atoms with Crippen LogP contribution in [0.2, 0.25) is 0 Å². The second kappa shape index (κ2) is 7.84. The van der Waals surface area contributed by atoms with Crippen LogP contribution in [0.25, 0.3) is 0 Å². The molecule has 2 amide bonds. The van der Waals surface area contributed by atoms with Crippen LogP contribution in [0.5, 0.6) is 0 Å². The van der Waals surface area contributed by atoms with Crippen LogP contribution in [0, 0.1) is 5.82 Å². The van der Waals surface area contributed by atoms with Gasteiger partial charge in [-0.05, 0) is 36.5 Å². The highest BCUT2D eigenvalue weighted by molar-refractivity contribution is 7.91. The molecule has 27 heavy (non-hydrogen) atoms. The smallest absolute Gasteiger partial charge is 0.414 e. The van der Waals surface area contributed by atoms with E-state index < -0.39 is 27.9 Å². The van der Waals surface area contributed by atoms with E-state index in [1.54, 1.807) is 19.1 Å². The van der Waals surface area contributed by atoms with Gasteiger partial charge >= 0.3 is 6.09 Å². The minimum atomic E-state index is -3.01. The van der Waals surface area contributed by atoms with Crippen molar-refractivity contribution in [1.82, 2.24) is 5.32 Å². The molecule has 148 valence electrons. The normalized spacial score (nSPS) is 22.5. The zero-order valence-electron chi connectivity index (χ0n) is 15.1. The van der Waals surface area contributed by atoms with Crippen molar-refractivity contribution in [1.29, 1.82) is 0 Å². The number of amides is 2. The fourth-order valence-electron chi connectivity index (χ4n) is 3.41. The minimum Gasteiger partial charge on any atom is -0.442 e. The summed E-state index contributed by atoms with van der Waals surface area (Å²) in [5, 5.41) is 2.67. The standard InChI is InChI=1S/C18H23FN2O5S/c1-2-17(22)20-10-14-11-21(18(23)26-14)13-3-4-15(16(19)9-13)12-5-7-27(24,25)8-6-12/h3-4,9,12,14H,2,5-8,10-11H2,1H3,(H,20,22)/t14-/m0/s1. The molecule has 2 aliphatic rings. The molecule has 9 heteroatoms. The van der Waals surface area contributed by atoms with Gasteiger partial charge in [0.05, 0.1) is 30.3 Å². The predicted molar refractivity (Wildman–Crippen MR) is 97.9 cm³/mol. The molecule has 0 spiro atoms. The molecule has 0 bridgehead atoms. The molecule has 2 heterocycles. The van der Waals surface area contributed by atoms with Crippen LogP contribution >= 0.6 is 0 Å². The van der Waals surface area contributed by atoms with Crippen LogP contribution in [-0.4, -0.2) is 51.1 Å². The van der Waals surface area contributed by atoms with Crippen LogP contribution in [0.15, 0.2) is 18.2 Å². The average Bonchev–Trinajstić information content (AvgIpc) is 3.01. The Balaban J connectivity index is 1.67. The predicted octanol–water partition coefficient (Wildman–Crippen LogP) is 1.97. The van der Waals surface area contributed by atoms with Gasteiger partial charge in [-0.3, -0.25) is 9.69 Å². The van der Waals surface area contributed by atoms with Crippen LogP contribution in [0.4, 0.5) is 14.9 Å². The van der Waals surface area contributed by atoms with Crippen molar-refractivity contribution >= 4 is 27.5 Å². The SMILES string of the molecule is CCC(=O)NC[C@H]1CN(c2ccc(C3CCS(=O)(=O)CC3)c(F)c2)C(=O)O1. The van der Waals surface area contributed by atoms with Gasteiger partial charge in [0.1, 0.15) is 21.8 Å². The third kappa shape index (κ3) is 4.58. The summed E-state index contributed by atoms with van der Waals surface area (Å²) >= 11 is 0. The number of anilines is 1. The van der Waals surface area contributed by atoms with E-state index in [9.17, 15) is 22.4 Å². The Morgan fingerprint density at radius 3 is 2.67 bits per heavy atom. The van der Waals surface area contributed by atoms with E-state index in [1.807, 2.05) is 0 Å². The number of carbonyl (C=O) groups excluding carboxylic acids is 2. The van der Waals surface area contributed by atoms with E-state index in [0.29, 0.717) is 30.5 Å². The van der Waals surface area contributed by atoms with Gasteiger partial charge in [-0.1, -0.05) is 13.0 Å². The van der Waals surface area contributed by atoms with Gasteiger partial charge in [-0.15, -0.1) is 0 Å². The van der Waals surface area contributed by atoms with Gasteiger partial charge in [0.25, 0.3) is 0 Å². The minimum absolute atomic E-state index is 0.0719. The molecule has 1 aromatic rings. The van der Waals surface area contributed by atoms with E-state index in [2.05, 4.69) is 5.32 Å². The average molecular weight is 398 g/mol. The van der Waals surface area contributed by atoms with Crippen LogP contribution in [0.1, 0.15) is 37.7 Å². The lowest BCUT2D eigenvalue weighted by molar-refractivity contribution is -0.121. The Labute approximate surface area is 157 Å². The van der Waals surface area contributed by atoms with E-state index >= 15 is 0 Å². The molecule has 1 atom stereocenters. The van der Waals surface area contributed by atoms with Crippen LogP contribution in [-0.2, 0) is 19.4 Å². The van der Waals surface area contributed by atoms with Gasteiger partial charge in [0, 0.05) is 6.42 Å². The first-order chi connectivity index (χ1) is 12.8. The lowest BCUT2D eigenvalue weighted by atomic mass is 9.93. The van der Waals surface area contributed by atoms with Crippen molar-refractivity contribution in [2.45, 2.75) is 38.2 Å². The molecule has 2 fully saturated rings. The monoisotopic (exact) mass is 398 g/mol. The molecule has 3 rings (SSSR count). The molecule has 2 aliphatic heterocycles. The highest BCUT2D eigenvalue weighted by Crippen LogP contribution is 2.33. The first-order valence-corrected chi connectivity index (χ1v) is 10.9. The number of nitrogens with one attached hydrogen (secondary N) is 1. The summed E-state index contributed by atoms with van der Waals surface area (Å²) in [7, 11) is -3.01. The highest BCUT2D eigenvalue weighted by atomic mass is 32.2. The molecule has 0 aromatic heterocycles. The van der Waals surface area contributed by atoms with Crippen molar-refractivity contribution in [3.63, 3.8) is 0 Å². The second-order valence-corrected chi connectivity index (χ2v) is 9.21. The third-order valence-corrected chi connectivity index (χ3v) is 6.73. The number of ether oxygens (including phenoxy) is 1. The Hall–Kier alpha value is -2.16. The Kier molecular flexibility index (Phi) is 5.69. The summed E-state index contributed by atoms with van der Waals surface area (Å²) in [6, 6.07) is 4.55. The lowest BCUT2D eigenvalue weighted by Gasteiger charge is -2.23. The van der Waals surface area contributed by atoms with Gasteiger partial charge in [-0.2, -0.15) is 0 Å². The Morgan fingerprint density at radius 2 is 2.04 bits per heavy atom. The maximum atomic E-state index is 14.6. The van der Waals surface area contributed by atoms with Crippen molar-refractivity contribution in [2.75, 3.05) is 29.5 Å². The third-order valence-electron chi connectivity index (χ3n) is 5.01. The molecule has 2 saturated heterocycles. The number of nitrogens with zero attached hydrogens (tertiary/aromatic N) is 1. The van der Waals surface area contributed by atoms with Gasteiger partial charge in [-0.25, -0.2) is 17.6 Å². The molecular weight excluding hydrogens is 375 g/mol. The molecule has 1 aromatic carbocycles. The maximum Gasteiger partial charge on any atom is 0.414 e. The van der Waals surface area contributed by atoms with Gasteiger partial charge in [0.2, 0.25) is 5.91 Å². The number of hydrogen-bond acceptors (Lipinski definition) is 5. The molecule has 0 radical (unpaired) electrons. The number of cyclic esters (lactones) is 1. The fraction of sp³-hybridized carbons (Fsp3) is 0.556. The number of carbonyl (C=O) groups is 2. The summed E-state index contributed by atoms with van der Waals surface area (Å²) in [5.41, 5.74) is 0.863. The fourth-order valence-corrected chi connectivity index (χ4v) is 4.90. The number of sulfone groups is 1. The van der Waals surface area contributed by atoms with Crippen molar-refractivity contribution in [3.05, 3.63) is 29.6 Å². The zero-order chi connectivity index (χ0) is 19.6.